The van der Waals surface area contributed by atoms with Gasteiger partial charge in [-0.05, 0) is 55.2 Å². The Balaban J connectivity index is 1.59. The van der Waals surface area contributed by atoms with E-state index in [2.05, 4.69) is 40.1 Å². The average molecular weight is 428 g/mol. The second-order valence-corrected chi connectivity index (χ2v) is 7.89. The summed E-state index contributed by atoms with van der Waals surface area (Å²) < 4.78 is 0. The number of aryl methyl sites for hydroxylation is 2. The highest BCUT2D eigenvalue weighted by Crippen LogP contribution is 2.26. The zero-order chi connectivity index (χ0) is 22.9. The second kappa shape index (κ2) is 11.0. The fourth-order valence-electron chi connectivity index (χ4n) is 3.51. The smallest absolute Gasteiger partial charge is 0.240 e. The molecule has 0 heterocycles. The highest BCUT2D eigenvalue weighted by molar-refractivity contribution is 5.95. The normalized spacial score (nSPS) is 11.3. The second-order valence-electron chi connectivity index (χ2n) is 7.89. The maximum atomic E-state index is 12.3. The lowest BCUT2D eigenvalue weighted by atomic mass is 9.88. The van der Waals surface area contributed by atoms with Crippen LogP contribution in [0.15, 0.2) is 84.0 Å². The van der Waals surface area contributed by atoms with E-state index in [9.17, 15) is 9.59 Å². The van der Waals surface area contributed by atoms with E-state index in [-0.39, 0.29) is 30.6 Å². The largest absolute Gasteiger partial charge is 0.326 e. The number of hydrogen-bond donors (Lipinski definition) is 2. The Morgan fingerprint density at radius 2 is 1.34 bits per heavy atom. The van der Waals surface area contributed by atoms with Crippen molar-refractivity contribution in [2.45, 2.75) is 39.5 Å². The molecule has 3 aromatic carbocycles. The van der Waals surface area contributed by atoms with Gasteiger partial charge >= 0.3 is 0 Å². The summed E-state index contributed by atoms with van der Waals surface area (Å²) >= 11 is 0. The molecule has 3 rings (SSSR count). The standard InChI is InChI=1S/C27H29N3O2/c1-19-14-15-24(18-20(19)2)28-25(31)16-17-26(32)30-29-21(3)27(22-10-6-4-7-11-22)23-12-8-5-9-13-23/h4-15,18,27H,16-17H2,1-3H3,(H,28,31)(H,30,32)/b29-21+. The van der Waals surface area contributed by atoms with Gasteiger partial charge in [0.2, 0.25) is 11.8 Å². The van der Waals surface area contributed by atoms with Crippen molar-refractivity contribution in [3.63, 3.8) is 0 Å². The van der Waals surface area contributed by atoms with Gasteiger partial charge in [-0.3, -0.25) is 9.59 Å². The molecule has 2 amide bonds. The van der Waals surface area contributed by atoms with Gasteiger partial charge in [0.25, 0.3) is 0 Å². The summed E-state index contributed by atoms with van der Waals surface area (Å²) in [4.78, 5) is 24.5. The molecule has 0 aliphatic heterocycles. The Morgan fingerprint density at radius 1 is 0.781 bits per heavy atom. The van der Waals surface area contributed by atoms with Gasteiger partial charge in [-0.15, -0.1) is 0 Å². The van der Waals surface area contributed by atoms with Gasteiger partial charge in [-0.2, -0.15) is 5.10 Å². The fraction of sp³-hybridized carbons (Fsp3) is 0.222. The molecule has 0 aromatic heterocycles. The lowest BCUT2D eigenvalue weighted by Gasteiger charge is -2.18. The van der Waals surface area contributed by atoms with Crippen molar-refractivity contribution in [2.24, 2.45) is 5.10 Å². The Kier molecular flexibility index (Phi) is 7.92. The minimum Gasteiger partial charge on any atom is -0.326 e. The Bertz CT molecular complexity index is 1050. The predicted octanol–water partition coefficient (Wildman–Crippen LogP) is 5.35. The van der Waals surface area contributed by atoms with Crippen LogP contribution in [0.5, 0.6) is 0 Å². The van der Waals surface area contributed by atoms with Gasteiger partial charge in [0.1, 0.15) is 0 Å². The number of carbonyl (C=O) groups excluding carboxylic acids is 2. The van der Waals surface area contributed by atoms with Crippen molar-refractivity contribution in [1.82, 2.24) is 5.43 Å². The molecule has 5 nitrogen and oxygen atoms in total. The zero-order valence-corrected chi connectivity index (χ0v) is 18.8. The number of amides is 2. The number of hydrogen-bond acceptors (Lipinski definition) is 3. The molecule has 0 saturated heterocycles. The zero-order valence-electron chi connectivity index (χ0n) is 18.8. The van der Waals surface area contributed by atoms with Crippen LogP contribution < -0.4 is 10.7 Å². The SMILES string of the molecule is C/C(=N\NC(=O)CCC(=O)Nc1ccc(C)c(C)c1)C(c1ccccc1)c1ccccc1. The lowest BCUT2D eigenvalue weighted by molar-refractivity contribution is -0.124. The van der Waals surface area contributed by atoms with Crippen LogP contribution in [0.2, 0.25) is 0 Å². The number of anilines is 1. The van der Waals surface area contributed by atoms with Crippen molar-refractivity contribution < 1.29 is 9.59 Å². The summed E-state index contributed by atoms with van der Waals surface area (Å²) in [5.74, 6) is -0.555. The minimum atomic E-state index is -0.292. The predicted molar refractivity (Wildman–Crippen MR) is 130 cm³/mol. The molecule has 0 saturated carbocycles. The van der Waals surface area contributed by atoms with E-state index >= 15 is 0 Å². The van der Waals surface area contributed by atoms with Crippen molar-refractivity contribution in [3.05, 3.63) is 101 Å². The minimum absolute atomic E-state index is 0.0641. The third kappa shape index (κ3) is 6.38. The quantitative estimate of drug-likeness (QED) is 0.376. The number of hydrazone groups is 1. The van der Waals surface area contributed by atoms with E-state index in [0.29, 0.717) is 0 Å². The number of rotatable bonds is 8. The molecule has 0 aliphatic carbocycles. The topological polar surface area (TPSA) is 70.6 Å². The van der Waals surface area contributed by atoms with E-state index in [4.69, 9.17) is 0 Å². The Labute approximate surface area is 189 Å². The first-order chi connectivity index (χ1) is 15.4. The van der Waals surface area contributed by atoms with Crippen molar-refractivity contribution >= 4 is 23.2 Å². The van der Waals surface area contributed by atoms with Crippen molar-refractivity contribution in [2.75, 3.05) is 5.32 Å². The molecule has 0 aliphatic rings. The van der Waals surface area contributed by atoms with Crippen LogP contribution in [0.4, 0.5) is 5.69 Å². The van der Waals surface area contributed by atoms with Crippen LogP contribution >= 0.6 is 0 Å². The van der Waals surface area contributed by atoms with E-state index in [1.54, 1.807) is 0 Å². The monoisotopic (exact) mass is 427 g/mol. The molecular weight excluding hydrogens is 398 g/mol. The number of carbonyl (C=O) groups is 2. The third-order valence-corrected chi connectivity index (χ3v) is 5.41. The maximum absolute atomic E-state index is 12.3. The maximum Gasteiger partial charge on any atom is 0.240 e. The molecule has 3 aromatic rings. The first-order valence-electron chi connectivity index (χ1n) is 10.7. The van der Waals surface area contributed by atoms with Gasteiger partial charge in [0.15, 0.2) is 0 Å². The van der Waals surface area contributed by atoms with E-state index in [1.165, 1.54) is 5.56 Å². The molecule has 2 N–H and O–H groups in total. The Hall–Kier alpha value is -3.73. The molecule has 164 valence electrons. The number of nitrogens with one attached hydrogen (secondary N) is 2. The first kappa shape index (κ1) is 22.9. The number of nitrogens with zero attached hydrogens (tertiary/aromatic N) is 1. The molecule has 0 radical (unpaired) electrons. The molecule has 0 atom stereocenters. The van der Waals surface area contributed by atoms with Crippen molar-refractivity contribution in [3.8, 4) is 0 Å². The summed E-state index contributed by atoms with van der Waals surface area (Å²) in [6, 6.07) is 25.9. The molecular formula is C27H29N3O2. The van der Waals surface area contributed by atoms with E-state index in [1.807, 2.05) is 75.4 Å². The van der Waals surface area contributed by atoms with Crippen molar-refractivity contribution in [1.29, 1.82) is 0 Å². The highest BCUT2D eigenvalue weighted by Gasteiger charge is 2.17. The fourth-order valence-corrected chi connectivity index (χ4v) is 3.51. The van der Waals surface area contributed by atoms with Crippen LogP contribution in [-0.4, -0.2) is 17.5 Å². The van der Waals surface area contributed by atoms with Gasteiger partial charge in [0.05, 0.1) is 0 Å². The summed E-state index contributed by atoms with van der Waals surface area (Å²) in [5, 5.41) is 7.18. The average Bonchev–Trinajstić information content (AvgIpc) is 2.80. The highest BCUT2D eigenvalue weighted by atomic mass is 16.2. The third-order valence-electron chi connectivity index (χ3n) is 5.41. The van der Waals surface area contributed by atoms with Crippen LogP contribution in [0.25, 0.3) is 0 Å². The summed E-state index contributed by atoms with van der Waals surface area (Å²) in [6.07, 6.45) is 0.156. The summed E-state index contributed by atoms with van der Waals surface area (Å²) in [7, 11) is 0. The molecule has 32 heavy (non-hydrogen) atoms. The summed E-state index contributed by atoms with van der Waals surface area (Å²) in [6.45, 7) is 5.92. The van der Waals surface area contributed by atoms with Crippen LogP contribution in [0, 0.1) is 13.8 Å². The van der Waals surface area contributed by atoms with E-state index < -0.39 is 0 Å². The molecule has 5 heteroatoms. The molecule has 0 spiro atoms. The van der Waals surface area contributed by atoms with Gasteiger partial charge < -0.3 is 5.32 Å². The van der Waals surface area contributed by atoms with Crippen LogP contribution in [-0.2, 0) is 9.59 Å². The molecule has 0 fully saturated rings. The van der Waals surface area contributed by atoms with Gasteiger partial charge in [-0.25, -0.2) is 5.43 Å². The molecule has 0 unspecified atom stereocenters. The lowest BCUT2D eigenvalue weighted by Crippen LogP contribution is -2.23. The van der Waals surface area contributed by atoms with Crippen LogP contribution in [0.1, 0.15) is 47.9 Å². The van der Waals surface area contributed by atoms with Gasteiger partial charge in [-0.1, -0.05) is 66.7 Å². The first-order valence-corrected chi connectivity index (χ1v) is 10.7. The van der Waals surface area contributed by atoms with Gasteiger partial charge in [0, 0.05) is 30.2 Å². The Morgan fingerprint density at radius 3 is 1.91 bits per heavy atom. The molecule has 0 bridgehead atoms. The van der Waals surface area contributed by atoms with E-state index in [0.717, 1.165) is 28.1 Å². The van der Waals surface area contributed by atoms with Crippen LogP contribution in [0.3, 0.4) is 0 Å². The number of benzene rings is 3. The summed E-state index contributed by atoms with van der Waals surface area (Å²) in [5.41, 5.74) is 8.59.